The van der Waals surface area contributed by atoms with E-state index < -0.39 is 17.3 Å². The van der Waals surface area contributed by atoms with Gasteiger partial charge in [-0.2, -0.15) is 0 Å². The van der Waals surface area contributed by atoms with Gasteiger partial charge in [-0.15, -0.1) is 0 Å². The van der Waals surface area contributed by atoms with Crippen LogP contribution in [0.4, 0.5) is 0 Å². The monoisotopic (exact) mass is 592 g/mol. The zero-order valence-electron chi connectivity index (χ0n) is 15.0. The summed E-state index contributed by atoms with van der Waals surface area (Å²) in [6.07, 6.45) is -0.322. The molecule has 1 saturated heterocycles. The Hall–Kier alpha value is -0.453. The highest BCUT2D eigenvalue weighted by Crippen LogP contribution is 2.44. The van der Waals surface area contributed by atoms with Gasteiger partial charge in [0.2, 0.25) is 0 Å². The van der Waals surface area contributed by atoms with E-state index in [1.54, 1.807) is 0 Å². The summed E-state index contributed by atoms with van der Waals surface area (Å²) in [6.45, 7) is 6.11. The van der Waals surface area contributed by atoms with Crippen LogP contribution < -0.4 is 10.4 Å². The van der Waals surface area contributed by atoms with E-state index in [9.17, 15) is 4.79 Å². The first-order valence-corrected chi connectivity index (χ1v) is 13.5. The zero-order chi connectivity index (χ0) is 19.0. The lowest BCUT2D eigenvalue weighted by atomic mass is 9.95. The molecule has 26 heavy (non-hydrogen) atoms. The number of carbonyl (C=O) groups is 1. The first-order valence-electron chi connectivity index (χ1n) is 8.51. The molecule has 0 aromatic heterocycles. The van der Waals surface area contributed by atoms with Crippen LogP contribution in [0.1, 0.15) is 13.8 Å². The molecule has 1 fully saturated rings. The third-order valence-corrected chi connectivity index (χ3v) is 11.1. The third-order valence-electron chi connectivity index (χ3n) is 5.04. The summed E-state index contributed by atoms with van der Waals surface area (Å²) in [6, 6.07) is 20.7. The van der Waals surface area contributed by atoms with Crippen molar-refractivity contribution in [2.45, 2.75) is 35.5 Å². The number of rotatable bonds is 5. The van der Waals surface area contributed by atoms with Crippen molar-refractivity contribution < 1.29 is 14.0 Å². The topological polar surface area (TPSA) is 35.5 Å². The quantitative estimate of drug-likeness (QED) is 0.230. The molecule has 2 aromatic carbocycles. The van der Waals surface area contributed by atoms with Crippen LogP contribution in [0.2, 0.25) is 6.55 Å². The van der Waals surface area contributed by atoms with Crippen LogP contribution in [0.25, 0.3) is 0 Å². The minimum absolute atomic E-state index is 0.195. The van der Waals surface area contributed by atoms with Crippen LogP contribution in [0, 0.1) is 0 Å². The fourth-order valence-electron chi connectivity index (χ4n) is 3.43. The second-order valence-corrected chi connectivity index (χ2v) is 13.6. The average molecular weight is 592 g/mol. The Balaban J connectivity index is 2.11. The molecule has 1 aliphatic rings. The smallest absolute Gasteiger partial charge is 0.325 e. The second kappa shape index (κ2) is 7.52. The lowest BCUT2D eigenvalue weighted by Gasteiger charge is -2.39. The van der Waals surface area contributed by atoms with Crippen molar-refractivity contribution in [3.8, 4) is 0 Å². The molecule has 0 unspecified atom stereocenters. The van der Waals surface area contributed by atoms with Crippen LogP contribution in [0.15, 0.2) is 60.7 Å². The molecule has 0 saturated carbocycles. The number of hydrogen-bond acceptors (Lipinski definition) is 3. The summed E-state index contributed by atoms with van der Waals surface area (Å²) in [4.78, 5) is 12.5. The lowest BCUT2D eigenvalue weighted by molar-refractivity contribution is -0.147. The predicted octanol–water partition coefficient (Wildman–Crippen LogP) is 3.71. The first-order chi connectivity index (χ1) is 12.2. The number of alkyl halides is 2. The summed E-state index contributed by atoms with van der Waals surface area (Å²) in [5, 5.41) is 2.38. The average Bonchev–Trinajstić information content (AvgIpc) is 2.83. The standard InChI is InChI=1S/C20H22I2O3Si/c1-19(14-21)17(20(2,22)18(23)24-19)25-26(3,15-10-6-4-7-11-15)16-12-8-5-9-13-16/h4-13,17H,14H2,1-3H3/t17-,19+,20-/m0/s1. The maximum Gasteiger partial charge on any atom is 0.325 e. The van der Waals surface area contributed by atoms with Gasteiger partial charge in [0.05, 0.1) is 0 Å². The van der Waals surface area contributed by atoms with Crippen LogP contribution in [-0.4, -0.2) is 33.8 Å². The Bertz CT molecular complexity index is 743. The number of halogens is 2. The van der Waals surface area contributed by atoms with Gasteiger partial charge < -0.3 is 9.16 Å². The fraction of sp³-hybridized carbons (Fsp3) is 0.350. The van der Waals surface area contributed by atoms with Gasteiger partial charge in [-0.25, -0.2) is 0 Å². The van der Waals surface area contributed by atoms with Gasteiger partial charge in [-0.1, -0.05) is 106 Å². The largest absolute Gasteiger partial charge is 0.455 e. The lowest BCUT2D eigenvalue weighted by Crippen LogP contribution is -2.64. The van der Waals surface area contributed by atoms with Crippen molar-refractivity contribution >= 4 is 69.8 Å². The molecule has 2 aromatic rings. The van der Waals surface area contributed by atoms with E-state index in [0.29, 0.717) is 4.43 Å². The van der Waals surface area contributed by atoms with E-state index in [1.165, 1.54) is 10.4 Å². The van der Waals surface area contributed by atoms with E-state index in [4.69, 9.17) is 9.16 Å². The van der Waals surface area contributed by atoms with E-state index in [0.717, 1.165) is 0 Å². The van der Waals surface area contributed by atoms with Crippen LogP contribution in [-0.2, 0) is 14.0 Å². The van der Waals surface area contributed by atoms with Crippen molar-refractivity contribution in [2.24, 2.45) is 0 Å². The molecular formula is C20H22I2O3Si. The van der Waals surface area contributed by atoms with E-state index in [-0.39, 0.29) is 12.1 Å². The number of esters is 1. The summed E-state index contributed by atoms with van der Waals surface area (Å²) < 4.78 is 12.7. The third kappa shape index (κ3) is 3.49. The zero-order valence-corrected chi connectivity index (χ0v) is 20.4. The Morgan fingerprint density at radius 1 is 1.04 bits per heavy atom. The van der Waals surface area contributed by atoms with Gasteiger partial charge in [0, 0.05) is 4.43 Å². The number of ether oxygens (including phenoxy) is 1. The van der Waals surface area contributed by atoms with Crippen LogP contribution >= 0.6 is 45.2 Å². The molecule has 1 aliphatic heterocycles. The molecule has 0 spiro atoms. The maximum atomic E-state index is 12.5. The van der Waals surface area contributed by atoms with Gasteiger partial charge in [0.15, 0.2) is 0 Å². The number of cyclic esters (lactones) is 1. The van der Waals surface area contributed by atoms with Gasteiger partial charge in [0.25, 0.3) is 8.32 Å². The van der Waals surface area contributed by atoms with Gasteiger partial charge in [0.1, 0.15) is 15.1 Å². The van der Waals surface area contributed by atoms with Gasteiger partial charge in [-0.05, 0) is 30.8 Å². The fourth-order valence-corrected chi connectivity index (χ4v) is 8.34. The molecule has 6 heteroatoms. The molecule has 0 aliphatic carbocycles. The van der Waals surface area contributed by atoms with Crippen LogP contribution in [0.5, 0.6) is 0 Å². The molecule has 3 nitrogen and oxygen atoms in total. The second-order valence-electron chi connectivity index (χ2n) is 7.17. The van der Waals surface area contributed by atoms with E-state index >= 15 is 0 Å². The first kappa shape index (κ1) is 20.3. The highest BCUT2D eigenvalue weighted by Gasteiger charge is 2.61. The number of hydrogen-bond donors (Lipinski definition) is 0. The Kier molecular flexibility index (Phi) is 5.87. The van der Waals surface area contributed by atoms with Crippen molar-refractivity contribution in [3.05, 3.63) is 60.7 Å². The summed E-state index contributed by atoms with van der Waals surface area (Å²) >= 11 is 4.48. The normalized spacial score (nSPS) is 28.8. The van der Waals surface area contributed by atoms with Crippen molar-refractivity contribution in [2.75, 3.05) is 4.43 Å². The molecule has 0 amide bonds. The predicted molar refractivity (Wildman–Crippen MR) is 124 cm³/mol. The van der Waals surface area contributed by atoms with Gasteiger partial charge in [-0.3, -0.25) is 4.79 Å². The van der Waals surface area contributed by atoms with Gasteiger partial charge >= 0.3 is 5.97 Å². The molecule has 0 bridgehead atoms. The van der Waals surface area contributed by atoms with Crippen molar-refractivity contribution in [1.82, 2.24) is 0 Å². The molecule has 1 heterocycles. The molecule has 3 rings (SSSR count). The van der Waals surface area contributed by atoms with Crippen molar-refractivity contribution in [1.29, 1.82) is 0 Å². The Morgan fingerprint density at radius 2 is 1.50 bits per heavy atom. The molecule has 0 N–H and O–H groups in total. The molecule has 0 radical (unpaired) electrons. The summed E-state index contributed by atoms with van der Waals surface area (Å²) in [5.41, 5.74) is -0.634. The number of carbonyl (C=O) groups excluding carboxylic acids is 1. The Labute approximate surface area is 183 Å². The SMILES string of the molecule is C[C@]1(CI)OC(=O)[C@@](C)(I)[C@H]1O[Si](C)(c1ccccc1)c1ccccc1. The van der Waals surface area contributed by atoms with Crippen LogP contribution in [0.3, 0.4) is 0 Å². The minimum atomic E-state index is -2.53. The van der Waals surface area contributed by atoms with Crippen molar-refractivity contribution in [3.63, 3.8) is 0 Å². The number of benzene rings is 2. The summed E-state index contributed by atoms with van der Waals surface area (Å²) in [7, 11) is -2.53. The highest BCUT2D eigenvalue weighted by molar-refractivity contribution is 14.1. The highest BCUT2D eigenvalue weighted by atomic mass is 127. The Morgan fingerprint density at radius 3 is 1.92 bits per heavy atom. The minimum Gasteiger partial charge on any atom is -0.455 e. The van der Waals surface area contributed by atoms with E-state index in [1.807, 2.05) is 50.2 Å². The molecule has 3 atom stereocenters. The molecule has 138 valence electrons. The maximum absolute atomic E-state index is 12.5. The summed E-state index contributed by atoms with van der Waals surface area (Å²) in [5.74, 6) is -0.195. The molecular weight excluding hydrogens is 570 g/mol. The van der Waals surface area contributed by atoms with E-state index in [2.05, 4.69) is 76.0 Å².